The van der Waals surface area contributed by atoms with Gasteiger partial charge in [-0.3, -0.25) is 0 Å². The van der Waals surface area contributed by atoms with E-state index in [9.17, 15) is 5.11 Å². The summed E-state index contributed by atoms with van der Waals surface area (Å²) in [4.78, 5) is 0. The lowest BCUT2D eigenvalue weighted by atomic mass is 9.94. The molecule has 0 bridgehead atoms. The first kappa shape index (κ1) is 14.3. The van der Waals surface area contributed by atoms with Gasteiger partial charge in [0.2, 0.25) is 0 Å². The van der Waals surface area contributed by atoms with Crippen molar-refractivity contribution in [2.75, 3.05) is 0 Å². The van der Waals surface area contributed by atoms with E-state index in [1.807, 2.05) is 0 Å². The van der Waals surface area contributed by atoms with Gasteiger partial charge in [0, 0.05) is 6.42 Å². The molecule has 0 aromatic carbocycles. The van der Waals surface area contributed by atoms with E-state index in [2.05, 4.69) is 13.8 Å². The van der Waals surface area contributed by atoms with Gasteiger partial charge in [0.1, 0.15) is 6.10 Å². The maximum absolute atomic E-state index is 9.62. The van der Waals surface area contributed by atoms with E-state index in [4.69, 9.17) is 14.2 Å². The average Bonchev–Trinajstić information content (AvgIpc) is 2.32. The maximum atomic E-state index is 9.62. The molecule has 4 nitrogen and oxygen atoms in total. The van der Waals surface area contributed by atoms with E-state index in [1.54, 1.807) is 0 Å². The van der Waals surface area contributed by atoms with Crippen molar-refractivity contribution >= 4 is 0 Å². The third kappa shape index (κ3) is 3.05. The summed E-state index contributed by atoms with van der Waals surface area (Å²) in [5.41, 5.74) is 0. The van der Waals surface area contributed by atoms with Gasteiger partial charge in [0.25, 0.3) is 0 Å². The summed E-state index contributed by atoms with van der Waals surface area (Å²) in [6.07, 6.45) is 6.81. The first-order valence-electron chi connectivity index (χ1n) is 7.39. The Morgan fingerprint density at radius 1 is 1.17 bits per heavy atom. The molecule has 2 heterocycles. The van der Waals surface area contributed by atoms with Crippen molar-refractivity contribution in [3.8, 4) is 0 Å². The van der Waals surface area contributed by atoms with Gasteiger partial charge < -0.3 is 19.3 Å². The van der Waals surface area contributed by atoms with Crippen LogP contribution in [0.1, 0.15) is 65.2 Å². The highest BCUT2D eigenvalue weighted by atomic mass is 16.9. The second kappa shape index (κ2) is 6.33. The van der Waals surface area contributed by atoms with Crippen LogP contribution in [0.15, 0.2) is 0 Å². The van der Waals surface area contributed by atoms with Crippen molar-refractivity contribution in [2.24, 2.45) is 0 Å². The molecule has 0 saturated carbocycles. The molecule has 0 aromatic heterocycles. The zero-order valence-corrected chi connectivity index (χ0v) is 11.6. The largest absolute Gasteiger partial charge is 0.368 e. The normalized spacial score (nSPS) is 40.5. The zero-order chi connectivity index (χ0) is 13.0. The molecule has 106 valence electrons. The molecule has 0 radical (unpaired) electrons. The number of ether oxygens (including phenoxy) is 3. The number of unbranched alkanes of at least 4 members (excludes halogenated alkanes) is 1. The minimum atomic E-state index is -0.653. The molecule has 0 amide bonds. The SMILES string of the molecule is CCCCC1(C2CCCC(O)O2)OC(CCC)O1. The number of aliphatic hydroxyl groups excluding tert-OH is 1. The fourth-order valence-electron chi connectivity index (χ4n) is 2.79. The molecule has 2 fully saturated rings. The Balaban J connectivity index is 1.93. The van der Waals surface area contributed by atoms with E-state index >= 15 is 0 Å². The van der Waals surface area contributed by atoms with Crippen LogP contribution in [-0.2, 0) is 14.2 Å². The molecule has 2 aliphatic rings. The number of hydrogen-bond acceptors (Lipinski definition) is 4. The Kier molecular flexibility index (Phi) is 5.01. The number of rotatable bonds is 6. The van der Waals surface area contributed by atoms with Crippen LogP contribution in [0.25, 0.3) is 0 Å². The topological polar surface area (TPSA) is 47.9 Å². The van der Waals surface area contributed by atoms with E-state index in [1.165, 1.54) is 0 Å². The molecule has 0 aliphatic carbocycles. The summed E-state index contributed by atoms with van der Waals surface area (Å²) >= 11 is 0. The molecule has 2 rings (SSSR count). The molecule has 2 saturated heterocycles. The third-order valence-electron chi connectivity index (χ3n) is 3.79. The van der Waals surface area contributed by atoms with Crippen LogP contribution in [0, 0.1) is 0 Å². The second-order valence-corrected chi connectivity index (χ2v) is 5.38. The molecule has 18 heavy (non-hydrogen) atoms. The smallest absolute Gasteiger partial charge is 0.200 e. The summed E-state index contributed by atoms with van der Waals surface area (Å²) in [6, 6.07) is 0. The van der Waals surface area contributed by atoms with Crippen LogP contribution in [-0.4, -0.2) is 29.6 Å². The van der Waals surface area contributed by atoms with Crippen molar-refractivity contribution in [1.29, 1.82) is 0 Å². The van der Waals surface area contributed by atoms with Crippen molar-refractivity contribution in [3.05, 3.63) is 0 Å². The van der Waals surface area contributed by atoms with Gasteiger partial charge in [-0.05, 0) is 32.1 Å². The van der Waals surface area contributed by atoms with Gasteiger partial charge in [0.15, 0.2) is 18.4 Å². The molecule has 2 atom stereocenters. The second-order valence-electron chi connectivity index (χ2n) is 5.38. The van der Waals surface area contributed by atoms with Crippen LogP contribution in [0.2, 0.25) is 0 Å². The van der Waals surface area contributed by atoms with Gasteiger partial charge in [-0.2, -0.15) is 0 Å². The Hall–Kier alpha value is -0.160. The van der Waals surface area contributed by atoms with E-state index in [0.717, 1.165) is 51.4 Å². The van der Waals surface area contributed by atoms with Crippen LogP contribution in [0.3, 0.4) is 0 Å². The van der Waals surface area contributed by atoms with Crippen molar-refractivity contribution < 1.29 is 19.3 Å². The van der Waals surface area contributed by atoms with Crippen LogP contribution >= 0.6 is 0 Å². The Bertz CT molecular complexity index is 250. The zero-order valence-electron chi connectivity index (χ0n) is 11.6. The summed E-state index contributed by atoms with van der Waals surface area (Å²) in [5.74, 6) is -0.586. The minimum Gasteiger partial charge on any atom is -0.368 e. The molecular formula is C14H26O4. The highest BCUT2D eigenvalue weighted by Crippen LogP contribution is 2.43. The quantitative estimate of drug-likeness (QED) is 0.795. The molecule has 4 heteroatoms. The Labute approximate surface area is 110 Å². The number of aliphatic hydroxyl groups is 1. The summed E-state index contributed by atoms with van der Waals surface area (Å²) in [6.45, 7) is 4.28. The van der Waals surface area contributed by atoms with Gasteiger partial charge >= 0.3 is 0 Å². The molecule has 2 aliphatic heterocycles. The molecule has 0 aromatic rings. The summed E-state index contributed by atoms with van der Waals surface area (Å²) in [5, 5.41) is 9.62. The third-order valence-corrected chi connectivity index (χ3v) is 3.79. The predicted molar refractivity (Wildman–Crippen MR) is 67.9 cm³/mol. The highest BCUT2D eigenvalue weighted by molar-refractivity contribution is 4.89. The Morgan fingerprint density at radius 3 is 2.56 bits per heavy atom. The lowest BCUT2D eigenvalue weighted by Gasteiger charge is -2.52. The first-order valence-corrected chi connectivity index (χ1v) is 7.39. The maximum Gasteiger partial charge on any atom is 0.200 e. The Morgan fingerprint density at radius 2 is 1.94 bits per heavy atom. The molecular weight excluding hydrogens is 232 g/mol. The fourth-order valence-corrected chi connectivity index (χ4v) is 2.79. The van der Waals surface area contributed by atoms with Crippen molar-refractivity contribution in [3.63, 3.8) is 0 Å². The van der Waals surface area contributed by atoms with E-state index < -0.39 is 12.1 Å². The summed E-state index contributed by atoms with van der Waals surface area (Å²) in [7, 11) is 0. The van der Waals surface area contributed by atoms with Crippen molar-refractivity contribution in [1.82, 2.24) is 0 Å². The van der Waals surface area contributed by atoms with Crippen molar-refractivity contribution in [2.45, 2.75) is 89.7 Å². The van der Waals surface area contributed by atoms with Crippen LogP contribution < -0.4 is 0 Å². The fraction of sp³-hybridized carbons (Fsp3) is 1.00. The molecule has 1 N–H and O–H groups in total. The van der Waals surface area contributed by atoms with E-state index in [-0.39, 0.29) is 12.4 Å². The summed E-state index contributed by atoms with van der Waals surface area (Å²) < 4.78 is 17.6. The molecule has 2 unspecified atom stereocenters. The standard InChI is InChI=1S/C14H26O4/c1-3-5-10-14(17-13(18-14)7-4-2)11-8-6-9-12(15)16-11/h11-13,15H,3-10H2,1-2H3. The average molecular weight is 258 g/mol. The monoisotopic (exact) mass is 258 g/mol. The van der Waals surface area contributed by atoms with Gasteiger partial charge in [-0.1, -0.05) is 26.7 Å². The first-order chi connectivity index (χ1) is 8.70. The van der Waals surface area contributed by atoms with E-state index in [0.29, 0.717) is 0 Å². The van der Waals surface area contributed by atoms with Crippen LogP contribution in [0.4, 0.5) is 0 Å². The molecule has 0 spiro atoms. The van der Waals surface area contributed by atoms with Crippen LogP contribution in [0.5, 0.6) is 0 Å². The lowest BCUT2D eigenvalue weighted by Crippen LogP contribution is -2.62. The van der Waals surface area contributed by atoms with Gasteiger partial charge in [0.05, 0.1) is 0 Å². The van der Waals surface area contributed by atoms with Gasteiger partial charge in [-0.15, -0.1) is 0 Å². The minimum absolute atomic E-state index is 0.0745. The highest BCUT2D eigenvalue weighted by Gasteiger charge is 2.53. The van der Waals surface area contributed by atoms with Gasteiger partial charge in [-0.25, -0.2) is 0 Å². The number of hydrogen-bond donors (Lipinski definition) is 1. The predicted octanol–water partition coefficient (Wildman–Crippen LogP) is 2.93. The lowest BCUT2D eigenvalue weighted by molar-refractivity contribution is -0.487.